The number of sulfonamides is 1. The van der Waals surface area contributed by atoms with Crippen LogP contribution in [0.5, 0.6) is 0 Å². The van der Waals surface area contributed by atoms with Gasteiger partial charge in [-0.2, -0.15) is 0 Å². The van der Waals surface area contributed by atoms with Crippen molar-refractivity contribution in [3.05, 3.63) is 83.2 Å². The van der Waals surface area contributed by atoms with Crippen molar-refractivity contribution in [2.75, 3.05) is 10.0 Å². The Labute approximate surface area is 183 Å². The molecule has 0 spiro atoms. The highest BCUT2D eigenvalue weighted by Crippen LogP contribution is 2.16. The third-order valence-electron chi connectivity index (χ3n) is 4.61. The van der Waals surface area contributed by atoms with E-state index in [0.29, 0.717) is 16.6 Å². The molecule has 0 aliphatic rings. The van der Waals surface area contributed by atoms with E-state index in [9.17, 15) is 18.0 Å². The lowest BCUT2D eigenvalue weighted by atomic mass is 10.1. The Hall–Kier alpha value is -4.12. The maximum atomic E-state index is 12.6. The van der Waals surface area contributed by atoms with Gasteiger partial charge in [-0.1, -0.05) is 12.1 Å². The summed E-state index contributed by atoms with van der Waals surface area (Å²) in [4.78, 5) is 37.0. The van der Waals surface area contributed by atoms with Crippen molar-refractivity contribution in [2.24, 2.45) is 0 Å². The van der Waals surface area contributed by atoms with Gasteiger partial charge in [-0.3, -0.25) is 14.2 Å². The highest BCUT2D eigenvalue weighted by atomic mass is 32.2. The molecule has 1 amide bonds. The van der Waals surface area contributed by atoms with Crippen molar-refractivity contribution < 1.29 is 13.2 Å². The van der Waals surface area contributed by atoms with Crippen molar-refractivity contribution >= 4 is 38.5 Å². The van der Waals surface area contributed by atoms with E-state index in [2.05, 4.69) is 25.0 Å². The first-order valence-corrected chi connectivity index (χ1v) is 11.0. The first-order chi connectivity index (χ1) is 15.3. The summed E-state index contributed by atoms with van der Waals surface area (Å²) in [7, 11) is -3.88. The lowest BCUT2D eigenvalue weighted by molar-refractivity contribution is -0.116. The predicted octanol–water partition coefficient (Wildman–Crippen LogP) is 1.93. The maximum absolute atomic E-state index is 12.6. The number of amides is 1. The minimum Gasteiger partial charge on any atom is -0.325 e. The number of fused-ring (bicyclic) bond motifs is 1. The summed E-state index contributed by atoms with van der Waals surface area (Å²) in [6.45, 7) is 1.63. The molecule has 2 aromatic heterocycles. The molecule has 10 nitrogen and oxygen atoms in total. The van der Waals surface area contributed by atoms with Crippen LogP contribution in [0, 0.1) is 6.92 Å². The molecule has 4 rings (SSSR count). The predicted molar refractivity (Wildman–Crippen MR) is 119 cm³/mol. The highest BCUT2D eigenvalue weighted by Gasteiger charge is 2.16. The minimum atomic E-state index is -3.88. The average Bonchev–Trinajstić information content (AvgIpc) is 2.77. The molecule has 0 unspecified atom stereocenters. The summed E-state index contributed by atoms with van der Waals surface area (Å²) in [6.07, 6.45) is 4.17. The van der Waals surface area contributed by atoms with Crippen molar-refractivity contribution in [1.82, 2.24) is 19.5 Å². The van der Waals surface area contributed by atoms with Crippen LogP contribution in [0.25, 0.3) is 10.9 Å². The van der Waals surface area contributed by atoms with Crippen molar-refractivity contribution in [3.63, 3.8) is 0 Å². The maximum Gasteiger partial charge on any atom is 0.264 e. The van der Waals surface area contributed by atoms with E-state index in [1.54, 1.807) is 18.2 Å². The van der Waals surface area contributed by atoms with Gasteiger partial charge in [0, 0.05) is 18.1 Å². The molecule has 0 radical (unpaired) electrons. The monoisotopic (exact) mass is 450 g/mol. The zero-order valence-electron chi connectivity index (χ0n) is 16.9. The van der Waals surface area contributed by atoms with E-state index in [-0.39, 0.29) is 22.9 Å². The van der Waals surface area contributed by atoms with Crippen molar-refractivity contribution in [2.45, 2.75) is 18.4 Å². The number of rotatable bonds is 6. The number of aromatic nitrogens is 4. The fourth-order valence-corrected chi connectivity index (χ4v) is 4.01. The van der Waals surface area contributed by atoms with Crippen LogP contribution in [0.2, 0.25) is 0 Å². The number of aryl methyl sites for hydroxylation is 1. The van der Waals surface area contributed by atoms with E-state index < -0.39 is 15.9 Å². The number of carbonyl (C=O) groups is 1. The average molecular weight is 450 g/mol. The summed E-state index contributed by atoms with van der Waals surface area (Å²) in [5.74, 6) is -0.498. The molecule has 0 atom stereocenters. The van der Waals surface area contributed by atoms with Crippen LogP contribution in [-0.2, 0) is 21.4 Å². The van der Waals surface area contributed by atoms with Gasteiger partial charge in [0.05, 0.1) is 22.1 Å². The SMILES string of the molecule is Cc1cccc2c(=O)n(CC(=O)Nc3ccc(S(=O)(=O)Nc4ncccn4)cc3)cnc12. The molecule has 2 aromatic carbocycles. The number of nitrogens with one attached hydrogen (secondary N) is 2. The number of nitrogens with zero attached hydrogens (tertiary/aromatic N) is 4. The molecule has 0 aliphatic carbocycles. The van der Waals surface area contributed by atoms with Crippen LogP contribution in [0.4, 0.5) is 11.6 Å². The molecule has 0 aliphatic heterocycles. The summed E-state index contributed by atoms with van der Waals surface area (Å²) in [5.41, 5.74) is 1.53. The first kappa shape index (κ1) is 21.1. The molecule has 11 heteroatoms. The largest absolute Gasteiger partial charge is 0.325 e. The van der Waals surface area contributed by atoms with Gasteiger partial charge in [0.15, 0.2) is 0 Å². The highest BCUT2D eigenvalue weighted by molar-refractivity contribution is 7.92. The Morgan fingerprint density at radius 1 is 1.00 bits per heavy atom. The normalized spacial score (nSPS) is 11.3. The van der Waals surface area contributed by atoms with E-state index in [1.165, 1.54) is 47.6 Å². The second kappa shape index (κ2) is 8.55. The second-order valence-corrected chi connectivity index (χ2v) is 8.58. The quantitative estimate of drug-likeness (QED) is 0.458. The lowest BCUT2D eigenvalue weighted by Crippen LogP contribution is -2.28. The molecule has 32 heavy (non-hydrogen) atoms. The molecule has 0 bridgehead atoms. The number of hydrogen-bond acceptors (Lipinski definition) is 7. The summed E-state index contributed by atoms with van der Waals surface area (Å²) >= 11 is 0. The van der Waals surface area contributed by atoms with Crippen LogP contribution in [0.1, 0.15) is 5.56 Å². The number of carbonyl (C=O) groups excluding carboxylic acids is 1. The van der Waals surface area contributed by atoms with Gasteiger partial charge < -0.3 is 5.32 Å². The van der Waals surface area contributed by atoms with Gasteiger partial charge in [0.1, 0.15) is 6.54 Å². The molecule has 2 N–H and O–H groups in total. The van der Waals surface area contributed by atoms with Gasteiger partial charge in [0.2, 0.25) is 11.9 Å². The summed E-state index contributed by atoms with van der Waals surface area (Å²) in [5, 5.41) is 3.07. The van der Waals surface area contributed by atoms with Gasteiger partial charge in [-0.25, -0.2) is 28.1 Å². The molecule has 162 valence electrons. The topological polar surface area (TPSA) is 136 Å². The van der Waals surface area contributed by atoms with Crippen LogP contribution >= 0.6 is 0 Å². The Balaban J connectivity index is 1.46. The van der Waals surface area contributed by atoms with Gasteiger partial charge in [-0.15, -0.1) is 0 Å². The third-order valence-corrected chi connectivity index (χ3v) is 5.95. The molecule has 0 fully saturated rings. The fraction of sp³-hybridized carbons (Fsp3) is 0.0952. The van der Waals surface area contributed by atoms with E-state index in [1.807, 2.05) is 13.0 Å². The van der Waals surface area contributed by atoms with Crippen LogP contribution < -0.4 is 15.6 Å². The molecule has 4 aromatic rings. The number of hydrogen-bond donors (Lipinski definition) is 2. The smallest absolute Gasteiger partial charge is 0.264 e. The minimum absolute atomic E-state index is 0.0201. The molecule has 0 saturated heterocycles. The van der Waals surface area contributed by atoms with E-state index in [4.69, 9.17) is 0 Å². The van der Waals surface area contributed by atoms with E-state index >= 15 is 0 Å². The molecule has 2 heterocycles. The van der Waals surface area contributed by atoms with Crippen LogP contribution in [-0.4, -0.2) is 33.8 Å². The Kier molecular flexibility index (Phi) is 5.65. The summed E-state index contributed by atoms with van der Waals surface area (Å²) < 4.78 is 28.3. The van der Waals surface area contributed by atoms with Crippen molar-refractivity contribution in [3.8, 4) is 0 Å². The molecule has 0 saturated carbocycles. The Morgan fingerprint density at radius 2 is 1.72 bits per heavy atom. The first-order valence-electron chi connectivity index (χ1n) is 9.48. The van der Waals surface area contributed by atoms with Gasteiger partial charge in [-0.05, 0) is 48.9 Å². The number of anilines is 2. The molecular formula is C21H18N6O4S. The number of benzene rings is 2. The Bertz CT molecular complexity index is 1450. The lowest BCUT2D eigenvalue weighted by Gasteiger charge is -2.10. The fourth-order valence-electron chi connectivity index (χ4n) is 3.05. The summed E-state index contributed by atoms with van der Waals surface area (Å²) in [6, 6.07) is 12.4. The number of para-hydroxylation sites is 1. The zero-order valence-corrected chi connectivity index (χ0v) is 17.7. The third kappa shape index (κ3) is 4.47. The van der Waals surface area contributed by atoms with Gasteiger partial charge >= 0.3 is 0 Å². The van der Waals surface area contributed by atoms with Crippen LogP contribution in [0.3, 0.4) is 0 Å². The Morgan fingerprint density at radius 3 is 2.44 bits per heavy atom. The van der Waals surface area contributed by atoms with E-state index in [0.717, 1.165) is 5.56 Å². The van der Waals surface area contributed by atoms with Gasteiger partial charge in [0.25, 0.3) is 15.6 Å². The standard InChI is InChI=1S/C21H18N6O4S/c1-14-4-2-5-17-19(14)24-13-27(20(17)29)12-18(28)25-15-6-8-16(9-7-15)32(30,31)26-21-22-10-3-11-23-21/h2-11,13H,12H2,1H3,(H,25,28)(H,22,23,26). The zero-order chi connectivity index (χ0) is 22.7. The molecular weight excluding hydrogens is 432 g/mol. The second-order valence-electron chi connectivity index (χ2n) is 6.90. The van der Waals surface area contributed by atoms with Crippen molar-refractivity contribution in [1.29, 1.82) is 0 Å². The van der Waals surface area contributed by atoms with Crippen LogP contribution in [0.15, 0.2) is 76.9 Å².